The maximum absolute atomic E-state index is 11.6. The van der Waals surface area contributed by atoms with E-state index >= 15 is 0 Å². The number of rotatable bonds is 3. The maximum atomic E-state index is 11.6. The van der Waals surface area contributed by atoms with Crippen LogP contribution in [0.2, 0.25) is 10.0 Å². The van der Waals surface area contributed by atoms with Gasteiger partial charge in [-0.1, -0.05) is 41.4 Å². The molecule has 2 rings (SSSR count). The van der Waals surface area contributed by atoms with Crippen molar-refractivity contribution >= 4 is 52.4 Å². The van der Waals surface area contributed by atoms with Crippen molar-refractivity contribution in [2.24, 2.45) is 0 Å². The molecule has 0 aliphatic rings. The number of hydrogen-bond donors (Lipinski definition) is 2. The van der Waals surface area contributed by atoms with Crippen LogP contribution in [0.15, 0.2) is 41.8 Å². The highest BCUT2D eigenvalue weighted by atomic mass is 35.5. The molecular weight excluding hydrogens is 331 g/mol. The van der Waals surface area contributed by atoms with E-state index in [1.807, 2.05) is 0 Å². The van der Waals surface area contributed by atoms with Crippen LogP contribution < -0.4 is 10.9 Å². The smallest absolute Gasteiger partial charge is 0.268 e. The minimum atomic E-state index is -0.476. The van der Waals surface area contributed by atoms with E-state index in [2.05, 4.69) is 10.9 Å². The van der Waals surface area contributed by atoms with Gasteiger partial charge in [0.2, 0.25) is 0 Å². The number of carbonyl (C=O) groups is 2. The second-order valence-electron chi connectivity index (χ2n) is 3.90. The molecule has 0 fully saturated rings. The fourth-order valence-electron chi connectivity index (χ4n) is 1.44. The quantitative estimate of drug-likeness (QED) is 0.663. The normalized spacial score (nSPS) is 10.6. The van der Waals surface area contributed by atoms with Gasteiger partial charge in [-0.15, -0.1) is 11.3 Å². The Balaban J connectivity index is 1.91. The Kier molecular flexibility index (Phi) is 5.38. The first-order valence-corrected chi connectivity index (χ1v) is 7.47. The molecule has 21 heavy (non-hydrogen) atoms. The molecule has 1 heterocycles. The monoisotopic (exact) mass is 340 g/mol. The molecule has 0 aliphatic heterocycles. The molecule has 0 saturated carbocycles. The number of halogens is 2. The van der Waals surface area contributed by atoms with E-state index < -0.39 is 5.91 Å². The lowest BCUT2D eigenvalue weighted by molar-refractivity contribution is -0.117. The largest absolute Gasteiger partial charge is 0.279 e. The Bertz CT molecular complexity index is 684. The van der Waals surface area contributed by atoms with Crippen LogP contribution >= 0.6 is 34.5 Å². The Labute approximate surface area is 135 Å². The van der Waals surface area contributed by atoms with Crippen LogP contribution in [0.4, 0.5) is 0 Å². The highest BCUT2D eigenvalue weighted by molar-refractivity contribution is 7.12. The molecule has 1 aromatic heterocycles. The van der Waals surface area contributed by atoms with Gasteiger partial charge < -0.3 is 0 Å². The molecule has 0 unspecified atom stereocenters. The summed E-state index contributed by atoms with van der Waals surface area (Å²) in [6.45, 7) is 0. The van der Waals surface area contributed by atoms with Gasteiger partial charge in [0.25, 0.3) is 11.8 Å². The predicted octanol–water partition coefficient (Wildman–Crippen LogP) is 3.53. The second-order valence-corrected chi connectivity index (χ2v) is 5.63. The summed E-state index contributed by atoms with van der Waals surface area (Å²) < 4.78 is 0. The molecule has 0 spiro atoms. The zero-order valence-electron chi connectivity index (χ0n) is 10.6. The first-order chi connectivity index (χ1) is 10.1. The fourth-order valence-corrected chi connectivity index (χ4v) is 2.43. The number of nitrogens with one attached hydrogen (secondary N) is 2. The molecule has 0 radical (unpaired) electrons. The molecule has 4 nitrogen and oxygen atoms in total. The molecule has 0 bridgehead atoms. The van der Waals surface area contributed by atoms with Crippen molar-refractivity contribution in [3.8, 4) is 0 Å². The Hall–Kier alpha value is -1.82. The number of thiophene rings is 1. The Morgan fingerprint density at radius 2 is 1.90 bits per heavy atom. The molecule has 2 amide bonds. The van der Waals surface area contributed by atoms with Gasteiger partial charge in [0.05, 0.1) is 14.9 Å². The zero-order chi connectivity index (χ0) is 15.2. The molecule has 1 aromatic carbocycles. The van der Waals surface area contributed by atoms with Crippen molar-refractivity contribution in [1.29, 1.82) is 0 Å². The van der Waals surface area contributed by atoms with Gasteiger partial charge in [-0.3, -0.25) is 20.4 Å². The number of carbonyl (C=O) groups excluding carboxylic acids is 2. The van der Waals surface area contributed by atoms with Crippen molar-refractivity contribution < 1.29 is 9.59 Å². The molecule has 0 atom stereocenters. The molecule has 0 saturated heterocycles. The molecule has 108 valence electrons. The summed E-state index contributed by atoms with van der Waals surface area (Å²) in [5, 5.41) is 2.55. The first kappa shape index (κ1) is 15.6. The summed E-state index contributed by atoms with van der Waals surface area (Å²) in [4.78, 5) is 23.7. The van der Waals surface area contributed by atoms with E-state index in [0.717, 1.165) is 0 Å². The van der Waals surface area contributed by atoms with E-state index in [0.29, 0.717) is 20.5 Å². The van der Waals surface area contributed by atoms with Crippen LogP contribution in [0.1, 0.15) is 15.2 Å². The average molecular weight is 341 g/mol. The summed E-state index contributed by atoms with van der Waals surface area (Å²) >= 11 is 13.1. The summed E-state index contributed by atoms with van der Waals surface area (Å²) in [6, 6.07) is 8.52. The highest BCUT2D eigenvalue weighted by Crippen LogP contribution is 2.26. The average Bonchev–Trinajstić information content (AvgIpc) is 3.00. The lowest BCUT2D eigenvalue weighted by atomic mass is 10.2. The topological polar surface area (TPSA) is 58.2 Å². The highest BCUT2D eigenvalue weighted by Gasteiger charge is 2.06. The Morgan fingerprint density at radius 1 is 1.10 bits per heavy atom. The zero-order valence-corrected chi connectivity index (χ0v) is 12.9. The first-order valence-electron chi connectivity index (χ1n) is 5.84. The number of hydrogen-bond acceptors (Lipinski definition) is 3. The van der Waals surface area contributed by atoms with Crippen molar-refractivity contribution in [1.82, 2.24) is 10.9 Å². The lowest BCUT2D eigenvalue weighted by Crippen LogP contribution is -2.40. The standard InChI is InChI=1S/C14H10Cl2N2O2S/c15-10-4-1-3-9(13(10)16)6-7-12(19)17-18-14(20)11-5-2-8-21-11/h1-8H,(H,17,19)(H,18,20)/b7-6+. The molecule has 0 aliphatic carbocycles. The third kappa shape index (κ3) is 4.32. The van der Waals surface area contributed by atoms with Gasteiger partial charge >= 0.3 is 0 Å². The summed E-state index contributed by atoms with van der Waals surface area (Å²) in [6.07, 6.45) is 2.77. The van der Waals surface area contributed by atoms with Crippen LogP contribution in [0, 0.1) is 0 Å². The van der Waals surface area contributed by atoms with Crippen LogP contribution in [-0.2, 0) is 4.79 Å². The third-order valence-corrected chi connectivity index (χ3v) is 4.14. The van der Waals surface area contributed by atoms with E-state index in [9.17, 15) is 9.59 Å². The van der Waals surface area contributed by atoms with Gasteiger partial charge in [0, 0.05) is 6.08 Å². The number of hydrazine groups is 1. The van der Waals surface area contributed by atoms with Gasteiger partial charge in [-0.05, 0) is 29.2 Å². The SMILES string of the molecule is O=C(/C=C/c1cccc(Cl)c1Cl)NNC(=O)c1cccs1. The second kappa shape index (κ2) is 7.26. The lowest BCUT2D eigenvalue weighted by Gasteiger charge is -2.03. The van der Waals surface area contributed by atoms with Crippen molar-refractivity contribution in [2.75, 3.05) is 0 Å². The van der Waals surface area contributed by atoms with Crippen molar-refractivity contribution in [3.63, 3.8) is 0 Å². The summed E-state index contributed by atoms with van der Waals surface area (Å²) in [5.41, 5.74) is 5.20. The number of benzene rings is 1. The van der Waals surface area contributed by atoms with Crippen LogP contribution in [0.3, 0.4) is 0 Å². The summed E-state index contributed by atoms with van der Waals surface area (Å²) in [7, 11) is 0. The predicted molar refractivity (Wildman–Crippen MR) is 85.4 cm³/mol. The fraction of sp³-hybridized carbons (Fsp3) is 0. The molecule has 2 aromatic rings. The molecule has 2 N–H and O–H groups in total. The van der Waals surface area contributed by atoms with Crippen molar-refractivity contribution in [2.45, 2.75) is 0 Å². The third-order valence-electron chi connectivity index (χ3n) is 2.44. The van der Waals surface area contributed by atoms with E-state index in [4.69, 9.17) is 23.2 Å². The van der Waals surface area contributed by atoms with Crippen LogP contribution in [0.5, 0.6) is 0 Å². The molecule has 7 heteroatoms. The minimum absolute atomic E-state index is 0.367. The number of amides is 2. The van der Waals surface area contributed by atoms with E-state index in [1.165, 1.54) is 23.5 Å². The van der Waals surface area contributed by atoms with Crippen LogP contribution in [0.25, 0.3) is 6.08 Å². The van der Waals surface area contributed by atoms with Crippen molar-refractivity contribution in [3.05, 3.63) is 62.3 Å². The Morgan fingerprint density at radius 3 is 2.62 bits per heavy atom. The minimum Gasteiger partial charge on any atom is -0.268 e. The van der Waals surface area contributed by atoms with E-state index in [-0.39, 0.29) is 5.91 Å². The summed E-state index contributed by atoms with van der Waals surface area (Å²) in [5.74, 6) is -0.844. The van der Waals surface area contributed by atoms with E-state index in [1.54, 1.807) is 35.7 Å². The van der Waals surface area contributed by atoms with Gasteiger partial charge in [0.15, 0.2) is 0 Å². The van der Waals surface area contributed by atoms with Gasteiger partial charge in [-0.25, -0.2) is 0 Å². The molecular formula is C14H10Cl2N2O2S. The maximum Gasteiger partial charge on any atom is 0.279 e. The van der Waals surface area contributed by atoms with Gasteiger partial charge in [-0.2, -0.15) is 0 Å². The van der Waals surface area contributed by atoms with Crippen LogP contribution in [-0.4, -0.2) is 11.8 Å². The van der Waals surface area contributed by atoms with Gasteiger partial charge in [0.1, 0.15) is 0 Å².